The number of nitrogens with zero attached hydrogens (tertiary/aromatic N) is 1. The third-order valence-corrected chi connectivity index (χ3v) is 4.12. The summed E-state index contributed by atoms with van der Waals surface area (Å²) in [5, 5.41) is 6.56. The topological polar surface area (TPSA) is 72.5 Å². The molecular weight excluding hydrogens is 378 g/mol. The summed E-state index contributed by atoms with van der Waals surface area (Å²) in [7, 11) is 1.57. The highest BCUT2D eigenvalue weighted by atomic mass is 35.5. The van der Waals surface area contributed by atoms with E-state index in [9.17, 15) is 4.79 Å². The number of hydrogen-bond acceptors (Lipinski definition) is 5. The smallest absolute Gasteiger partial charge is 0.255 e. The van der Waals surface area contributed by atoms with Crippen LogP contribution in [0.4, 0.5) is 17.2 Å². The molecule has 1 aromatic heterocycles. The normalized spacial score (nSPS) is 10.2. The average Bonchev–Trinajstić information content (AvgIpc) is 2.70. The number of methoxy groups -OCH3 is 1. The van der Waals surface area contributed by atoms with Crippen LogP contribution in [0.5, 0.6) is 11.5 Å². The van der Waals surface area contributed by atoms with Gasteiger partial charge < -0.3 is 20.1 Å². The molecule has 0 atom stereocenters. The van der Waals surface area contributed by atoms with Crippen LogP contribution in [0.25, 0.3) is 0 Å². The molecule has 3 aromatic rings. The second-order valence-electron chi connectivity index (χ2n) is 5.78. The second kappa shape index (κ2) is 9.10. The van der Waals surface area contributed by atoms with Crippen LogP contribution in [0.15, 0.2) is 60.8 Å². The molecule has 3 rings (SSSR count). The summed E-state index contributed by atoms with van der Waals surface area (Å²) < 4.78 is 10.9. The number of aromatic nitrogens is 1. The van der Waals surface area contributed by atoms with Crippen molar-refractivity contribution in [2.75, 3.05) is 24.4 Å². The number of hydrogen-bond donors (Lipinski definition) is 2. The molecule has 0 fully saturated rings. The van der Waals surface area contributed by atoms with Crippen molar-refractivity contribution in [3.8, 4) is 11.5 Å². The predicted octanol–water partition coefficient (Wildman–Crippen LogP) is 5.14. The molecule has 144 valence electrons. The minimum Gasteiger partial charge on any atom is -0.495 e. The van der Waals surface area contributed by atoms with E-state index in [0.717, 1.165) is 0 Å². The van der Waals surface area contributed by atoms with Crippen LogP contribution in [0, 0.1) is 0 Å². The molecule has 2 N–H and O–H groups in total. The number of pyridine rings is 1. The molecule has 0 saturated carbocycles. The van der Waals surface area contributed by atoms with Gasteiger partial charge in [-0.25, -0.2) is 4.98 Å². The Balaban J connectivity index is 1.80. The number of carbonyl (C=O) groups is 1. The van der Waals surface area contributed by atoms with E-state index in [1.807, 2.05) is 25.1 Å². The van der Waals surface area contributed by atoms with Gasteiger partial charge in [0.05, 0.1) is 25.1 Å². The van der Waals surface area contributed by atoms with Crippen LogP contribution in [-0.4, -0.2) is 24.6 Å². The lowest BCUT2D eigenvalue weighted by molar-refractivity contribution is 0.102. The fourth-order valence-electron chi connectivity index (χ4n) is 2.60. The highest BCUT2D eigenvalue weighted by Crippen LogP contribution is 2.30. The summed E-state index contributed by atoms with van der Waals surface area (Å²) in [5.74, 6) is 1.46. The van der Waals surface area contributed by atoms with Gasteiger partial charge in [0.2, 0.25) is 0 Å². The lowest BCUT2D eigenvalue weighted by atomic mass is 10.2. The van der Waals surface area contributed by atoms with Crippen molar-refractivity contribution < 1.29 is 14.3 Å². The fraction of sp³-hybridized carbons (Fsp3) is 0.143. The fourth-order valence-corrected chi connectivity index (χ4v) is 2.77. The van der Waals surface area contributed by atoms with E-state index in [-0.39, 0.29) is 5.91 Å². The second-order valence-corrected chi connectivity index (χ2v) is 6.22. The number of benzene rings is 2. The molecule has 0 aliphatic rings. The Morgan fingerprint density at radius 2 is 1.89 bits per heavy atom. The van der Waals surface area contributed by atoms with E-state index in [1.54, 1.807) is 49.7 Å². The van der Waals surface area contributed by atoms with Gasteiger partial charge in [0.25, 0.3) is 5.91 Å². The SMILES string of the molecule is CCOc1ccccc1NC(=O)c1ccnc(Nc2cc(Cl)ccc2OC)c1. The van der Waals surface area contributed by atoms with E-state index in [1.165, 1.54) is 0 Å². The lowest BCUT2D eigenvalue weighted by Gasteiger charge is -2.13. The van der Waals surface area contributed by atoms with Gasteiger partial charge in [-0.3, -0.25) is 4.79 Å². The number of nitrogens with one attached hydrogen (secondary N) is 2. The maximum Gasteiger partial charge on any atom is 0.255 e. The third kappa shape index (κ3) is 4.72. The first kappa shape index (κ1) is 19.5. The van der Waals surface area contributed by atoms with Crippen molar-refractivity contribution in [1.29, 1.82) is 0 Å². The van der Waals surface area contributed by atoms with E-state index in [0.29, 0.717) is 45.9 Å². The molecule has 6 nitrogen and oxygen atoms in total. The number of ether oxygens (including phenoxy) is 2. The van der Waals surface area contributed by atoms with E-state index >= 15 is 0 Å². The monoisotopic (exact) mass is 397 g/mol. The van der Waals surface area contributed by atoms with E-state index in [4.69, 9.17) is 21.1 Å². The molecule has 0 aliphatic heterocycles. The summed E-state index contributed by atoms with van der Waals surface area (Å²) in [4.78, 5) is 16.9. The highest BCUT2D eigenvalue weighted by Gasteiger charge is 2.12. The van der Waals surface area contributed by atoms with Gasteiger partial charge in [-0.2, -0.15) is 0 Å². The van der Waals surface area contributed by atoms with E-state index < -0.39 is 0 Å². The molecule has 0 spiro atoms. The van der Waals surface area contributed by atoms with Gasteiger partial charge in [-0.05, 0) is 49.4 Å². The quantitative estimate of drug-likeness (QED) is 0.577. The summed E-state index contributed by atoms with van der Waals surface area (Å²) >= 11 is 6.06. The Morgan fingerprint density at radius 1 is 1.07 bits per heavy atom. The van der Waals surface area contributed by atoms with Gasteiger partial charge in [-0.1, -0.05) is 23.7 Å². The number of rotatable bonds is 7. The maximum absolute atomic E-state index is 12.7. The lowest BCUT2D eigenvalue weighted by Crippen LogP contribution is -2.13. The van der Waals surface area contributed by atoms with Crippen molar-refractivity contribution >= 4 is 34.7 Å². The molecule has 0 aliphatic carbocycles. The molecule has 1 amide bonds. The van der Waals surface area contributed by atoms with Gasteiger partial charge in [0, 0.05) is 16.8 Å². The first-order chi connectivity index (χ1) is 13.6. The van der Waals surface area contributed by atoms with Crippen LogP contribution in [0.1, 0.15) is 17.3 Å². The van der Waals surface area contributed by atoms with Crippen LogP contribution in [0.2, 0.25) is 5.02 Å². The van der Waals surface area contributed by atoms with Crippen molar-refractivity contribution in [3.05, 3.63) is 71.4 Å². The molecule has 0 bridgehead atoms. The predicted molar refractivity (Wildman–Crippen MR) is 111 cm³/mol. The molecule has 7 heteroatoms. The number of amides is 1. The van der Waals surface area contributed by atoms with Crippen LogP contribution < -0.4 is 20.1 Å². The van der Waals surface area contributed by atoms with Crippen molar-refractivity contribution in [1.82, 2.24) is 4.98 Å². The van der Waals surface area contributed by atoms with Crippen molar-refractivity contribution in [3.63, 3.8) is 0 Å². The van der Waals surface area contributed by atoms with E-state index in [2.05, 4.69) is 15.6 Å². The Hall–Kier alpha value is -3.25. The first-order valence-electron chi connectivity index (χ1n) is 8.70. The summed E-state index contributed by atoms with van der Waals surface area (Å²) in [5.41, 5.74) is 1.71. The van der Waals surface area contributed by atoms with Crippen LogP contribution >= 0.6 is 11.6 Å². The van der Waals surface area contributed by atoms with Crippen molar-refractivity contribution in [2.45, 2.75) is 6.92 Å². The molecule has 2 aromatic carbocycles. The van der Waals surface area contributed by atoms with Gasteiger partial charge >= 0.3 is 0 Å². The Bertz CT molecular complexity index is 979. The molecule has 0 radical (unpaired) electrons. The molecule has 1 heterocycles. The average molecular weight is 398 g/mol. The standard InChI is InChI=1S/C21H20ClN3O3/c1-3-28-19-7-5-4-6-16(19)25-21(26)14-10-11-23-20(12-14)24-17-13-15(22)8-9-18(17)27-2/h4-13H,3H2,1-2H3,(H,23,24)(H,25,26). The van der Waals surface area contributed by atoms with Crippen LogP contribution in [-0.2, 0) is 0 Å². The third-order valence-electron chi connectivity index (χ3n) is 3.88. The van der Waals surface area contributed by atoms with Crippen LogP contribution in [0.3, 0.4) is 0 Å². The summed E-state index contributed by atoms with van der Waals surface area (Å²) in [6.07, 6.45) is 1.56. The first-order valence-corrected chi connectivity index (χ1v) is 9.08. The zero-order chi connectivity index (χ0) is 19.9. The Labute approximate surface area is 168 Å². The highest BCUT2D eigenvalue weighted by molar-refractivity contribution is 6.31. The molecule has 0 unspecified atom stereocenters. The summed E-state index contributed by atoms with van der Waals surface area (Å²) in [6, 6.07) is 15.8. The zero-order valence-electron chi connectivity index (χ0n) is 15.5. The molecular formula is C21H20ClN3O3. The van der Waals surface area contributed by atoms with Crippen molar-refractivity contribution in [2.24, 2.45) is 0 Å². The van der Waals surface area contributed by atoms with Gasteiger partial charge in [0.15, 0.2) is 0 Å². The number of carbonyl (C=O) groups excluding carboxylic acids is 1. The largest absolute Gasteiger partial charge is 0.495 e. The number of anilines is 3. The maximum atomic E-state index is 12.7. The number of para-hydroxylation sites is 2. The van der Waals surface area contributed by atoms with Gasteiger partial charge in [-0.15, -0.1) is 0 Å². The van der Waals surface area contributed by atoms with Gasteiger partial charge in [0.1, 0.15) is 17.3 Å². The molecule has 0 saturated heterocycles. The minimum absolute atomic E-state index is 0.268. The minimum atomic E-state index is -0.268. The zero-order valence-corrected chi connectivity index (χ0v) is 16.3. The summed E-state index contributed by atoms with van der Waals surface area (Å²) in [6.45, 7) is 2.40. The Morgan fingerprint density at radius 3 is 2.68 bits per heavy atom. The molecule has 28 heavy (non-hydrogen) atoms. The Kier molecular flexibility index (Phi) is 6.34. The number of halogens is 1.